The lowest BCUT2D eigenvalue weighted by atomic mass is 10.1. The highest BCUT2D eigenvalue weighted by molar-refractivity contribution is 5.91. The van der Waals surface area contributed by atoms with Crippen molar-refractivity contribution in [3.05, 3.63) is 53.6 Å². The number of aliphatic hydroxyl groups excluding tert-OH is 1. The van der Waals surface area contributed by atoms with Crippen LogP contribution in [0.15, 0.2) is 42.5 Å². The zero-order valence-electron chi connectivity index (χ0n) is 15.9. The maximum Gasteiger partial charge on any atom is 0.343 e. The number of ether oxygens (including phenoxy) is 2. The highest BCUT2D eigenvalue weighted by atomic mass is 35.5. The number of halogens is 1. The summed E-state index contributed by atoms with van der Waals surface area (Å²) in [5.74, 6) is -0.137. The maximum atomic E-state index is 12.2. The summed E-state index contributed by atoms with van der Waals surface area (Å²) in [6.45, 7) is 6.34. The van der Waals surface area contributed by atoms with Crippen LogP contribution < -0.4 is 14.8 Å². The number of carbonyl (C=O) groups excluding carboxylic acids is 1. The normalized spacial score (nSPS) is 12.0. The molecule has 0 unspecified atom stereocenters. The van der Waals surface area contributed by atoms with Gasteiger partial charge in [0.05, 0.1) is 18.8 Å². The molecule has 148 valence electrons. The third-order valence-corrected chi connectivity index (χ3v) is 3.72. The first-order chi connectivity index (χ1) is 12.2. The quantitative estimate of drug-likeness (QED) is 0.512. The predicted molar refractivity (Wildman–Crippen MR) is 106 cm³/mol. The number of esters is 1. The molecule has 0 saturated carbocycles. The minimum atomic E-state index is -0.786. The summed E-state index contributed by atoms with van der Waals surface area (Å²) in [5, 5.41) is 23.5. The van der Waals surface area contributed by atoms with Gasteiger partial charge in [0.2, 0.25) is 0 Å². The van der Waals surface area contributed by atoms with Crippen LogP contribution in [0.1, 0.15) is 42.8 Å². The molecule has 2 rings (SSSR count). The number of aliphatic hydroxyl groups is 1. The molecule has 0 aromatic heterocycles. The first kappa shape index (κ1) is 22.8. The minimum absolute atomic E-state index is 0. The molecule has 2 aromatic carbocycles. The van der Waals surface area contributed by atoms with Crippen LogP contribution >= 0.6 is 12.4 Å². The van der Waals surface area contributed by atoms with Crippen LogP contribution in [0.4, 0.5) is 0 Å². The van der Waals surface area contributed by atoms with E-state index in [1.165, 1.54) is 12.1 Å². The Morgan fingerprint density at radius 3 is 2.30 bits per heavy atom. The maximum absolute atomic E-state index is 12.2. The molecule has 0 aliphatic rings. The van der Waals surface area contributed by atoms with Crippen molar-refractivity contribution < 1.29 is 24.5 Å². The Labute approximate surface area is 165 Å². The Kier molecular flexibility index (Phi) is 8.09. The van der Waals surface area contributed by atoms with E-state index in [0.717, 1.165) is 0 Å². The van der Waals surface area contributed by atoms with Gasteiger partial charge in [-0.3, -0.25) is 0 Å². The lowest BCUT2D eigenvalue weighted by Crippen LogP contribution is -2.38. The Balaban J connectivity index is 0.00000364. The standard InChI is InChI=1S/C20H25NO5.ClH/c1-20(2,3)21-12-17(23)14-7-10-18(16(22)11-14)26-19(24)13-5-8-15(25-4)9-6-13;/h5-11,17,21-23H,12H2,1-4H3;1H/t17-;/m0./s1. The van der Waals surface area contributed by atoms with E-state index in [1.54, 1.807) is 37.4 Å². The number of β-amino-alcohol motifs (C(OH)–C–C–N with tert-alkyl or cyclic N) is 1. The molecule has 7 heteroatoms. The second-order valence-electron chi connectivity index (χ2n) is 6.99. The van der Waals surface area contributed by atoms with Gasteiger partial charge < -0.3 is 25.0 Å². The van der Waals surface area contributed by atoms with Crippen molar-refractivity contribution in [2.45, 2.75) is 32.4 Å². The van der Waals surface area contributed by atoms with Gasteiger partial charge in [-0.2, -0.15) is 0 Å². The van der Waals surface area contributed by atoms with Crippen LogP contribution in [0.25, 0.3) is 0 Å². The summed E-state index contributed by atoms with van der Waals surface area (Å²) in [7, 11) is 1.54. The highest BCUT2D eigenvalue weighted by Gasteiger charge is 2.17. The number of methoxy groups -OCH3 is 1. The molecule has 0 radical (unpaired) electrons. The molecule has 0 spiro atoms. The Morgan fingerprint density at radius 2 is 1.78 bits per heavy atom. The van der Waals surface area contributed by atoms with Gasteiger partial charge >= 0.3 is 5.97 Å². The predicted octanol–water partition coefficient (Wildman–Crippen LogP) is 3.46. The first-order valence-corrected chi connectivity index (χ1v) is 8.32. The second-order valence-corrected chi connectivity index (χ2v) is 6.99. The van der Waals surface area contributed by atoms with Crippen LogP contribution in [0.5, 0.6) is 17.2 Å². The summed E-state index contributed by atoms with van der Waals surface area (Å²) >= 11 is 0. The van der Waals surface area contributed by atoms with Gasteiger partial charge in [0.25, 0.3) is 0 Å². The van der Waals surface area contributed by atoms with Gasteiger partial charge in [0.15, 0.2) is 11.5 Å². The molecular weight excluding hydrogens is 370 g/mol. The Bertz CT molecular complexity index is 756. The number of carbonyl (C=O) groups is 1. The number of phenols is 1. The summed E-state index contributed by atoms with van der Waals surface area (Å²) in [6, 6.07) is 10.9. The fourth-order valence-corrected chi connectivity index (χ4v) is 2.23. The average molecular weight is 396 g/mol. The van der Waals surface area contributed by atoms with E-state index >= 15 is 0 Å². The zero-order chi connectivity index (χ0) is 19.3. The van der Waals surface area contributed by atoms with Crippen LogP contribution in [0.3, 0.4) is 0 Å². The molecule has 0 saturated heterocycles. The molecule has 2 aromatic rings. The van der Waals surface area contributed by atoms with Crippen molar-refractivity contribution in [1.82, 2.24) is 5.32 Å². The average Bonchev–Trinajstić information content (AvgIpc) is 2.60. The molecular formula is C20H26ClNO5. The molecule has 0 heterocycles. The van der Waals surface area contributed by atoms with Gasteiger partial charge in [-0.1, -0.05) is 6.07 Å². The van der Waals surface area contributed by atoms with Gasteiger partial charge in [-0.05, 0) is 62.7 Å². The van der Waals surface area contributed by atoms with Gasteiger partial charge in [0.1, 0.15) is 5.75 Å². The fraction of sp³-hybridized carbons (Fsp3) is 0.350. The number of nitrogens with one attached hydrogen (secondary N) is 1. The van der Waals surface area contributed by atoms with Crippen molar-refractivity contribution in [2.75, 3.05) is 13.7 Å². The second kappa shape index (κ2) is 9.60. The van der Waals surface area contributed by atoms with E-state index in [4.69, 9.17) is 9.47 Å². The van der Waals surface area contributed by atoms with E-state index in [2.05, 4.69) is 5.32 Å². The topological polar surface area (TPSA) is 88.0 Å². The molecule has 0 fully saturated rings. The molecule has 0 amide bonds. The Hall–Kier alpha value is -2.28. The summed E-state index contributed by atoms with van der Waals surface area (Å²) in [5.41, 5.74) is 0.740. The van der Waals surface area contributed by atoms with Gasteiger partial charge in [0, 0.05) is 12.1 Å². The summed E-state index contributed by atoms with van der Waals surface area (Å²) < 4.78 is 10.3. The Morgan fingerprint density at radius 1 is 1.15 bits per heavy atom. The van der Waals surface area contributed by atoms with E-state index in [1.807, 2.05) is 20.8 Å². The third-order valence-electron chi connectivity index (χ3n) is 3.72. The molecule has 1 atom stereocenters. The monoisotopic (exact) mass is 395 g/mol. The van der Waals surface area contributed by atoms with Crippen LogP contribution in [-0.4, -0.2) is 35.4 Å². The summed E-state index contributed by atoms with van der Waals surface area (Å²) in [6.07, 6.45) is -0.786. The molecule has 0 aliphatic carbocycles. The number of aromatic hydroxyl groups is 1. The van der Waals surface area contributed by atoms with Gasteiger partial charge in [-0.25, -0.2) is 4.79 Å². The van der Waals surface area contributed by atoms with E-state index < -0.39 is 12.1 Å². The van der Waals surface area contributed by atoms with Crippen molar-refractivity contribution in [1.29, 1.82) is 0 Å². The lowest BCUT2D eigenvalue weighted by molar-refractivity contribution is 0.0729. The van der Waals surface area contributed by atoms with Gasteiger partial charge in [-0.15, -0.1) is 12.4 Å². The van der Waals surface area contributed by atoms with Crippen molar-refractivity contribution >= 4 is 18.4 Å². The number of hydrogen-bond donors (Lipinski definition) is 3. The number of hydrogen-bond acceptors (Lipinski definition) is 6. The largest absolute Gasteiger partial charge is 0.504 e. The third kappa shape index (κ3) is 6.75. The number of rotatable bonds is 6. The molecule has 6 nitrogen and oxygen atoms in total. The molecule has 0 bridgehead atoms. The number of phenolic OH excluding ortho intramolecular Hbond substituents is 1. The molecule has 0 aliphatic heterocycles. The SMILES string of the molecule is COc1ccc(C(=O)Oc2ccc([C@@H](O)CNC(C)(C)C)cc2O)cc1.Cl. The van der Waals surface area contributed by atoms with Crippen molar-refractivity contribution in [3.63, 3.8) is 0 Å². The van der Waals surface area contributed by atoms with Crippen LogP contribution in [0.2, 0.25) is 0 Å². The van der Waals surface area contributed by atoms with Crippen LogP contribution in [0, 0.1) is 0 Å². The first-order valence-electron chi connectivity index (χ1n) is 8.32. The molecule has 3 N–H and O–H groups in total. The smallest absolute Gasteiger partial charge is 0.343 e. The fourth-order valence-electron chi connectivity index (χ4n) is 2.23. The van der Waals surface area contributed by atoms with Crippen molar-refractivity contribution in [3.8, 4) is 17.2 Å². The van der Waals surface area contributed by atoms with E-state index in [-0.39, 0.29) is 29.4 Å². The molecule has 27 heavy (non-hydrogen) atoms. The minimum Gasteiger partial charge on any atom is -0.504 e. The van der Waals surface area contributed by atoms with Crippen molar-refractivity contribution in [2.24, 2.45) is 0 Å². The number of benzene rings is 2. The lowest BCUT2D eigenvalue weighted by Gasteiger charge is -2.23. The highest BCUT2D eigenvalue weighted by Crippen LogP contribution is 2.30. The van der Waals surface area contributed by atoms with E-state index in [0.29, 0.717) is 23.4 Å². The zero-order valence-corrected chi connectivity index (χ0v) is 16.7. The van der Waals surface area contributed by atoms with Crippen LogP contribution in [-0.2, 0) is 0 Å². The summed E-state index contributed by atoms with van der Waals surface area (Å²) in [4.78, 5) is 12.2. The van der Waals surface area contributed by atoms with E-state index in [9.17, 15) is 15.0 Å².